The number of rotatable bonds is 3. The van der Waals surface area contributed by atoms with Crippen molar-refractivity contribution in [2.45, 2.75) is 17.9 Å². The Morgan fingerprint density at radius 3 is 2.40 bits per heavy atom. The number of benzene rings is 1. The predicted octanol–water partition coefficient (Wildman–Crippen LogP) is 1.12. The Bertz CT molecular complexity index is 452. The smallest absolute Gasteiger partial charge is 0.175 e. The minimum Gasteiger partial charge on any atom is -0.496 e. The lowest BCUT2D eigenvalue weighted by atomic mass is 10.1. The van der Waals surface area contributed by atoms with Gasteiger partial charge in [-0.3, -0.25) is 0 Å². The van der Waals surface area contributed by atoms with Gasteiger partial charge in [-0.05, 0) is 19.1 Å². The van der Waals surface area contributed by atoms with Gasteiger partial charge in [0.2, 0.25) is 0 Å². The summed E-state index contributed by atoms with van der Waals surface area (Å²) < 4.78 is 27.7. The van der Waals surface area contributed by atoms with Crippen LogP contribution in [0.2, 0.25) is 0 Å². The number of methoxy groups -OCH3 is 1. The third-order valence-electron chi connectivity index (χ3n) is 2.12. The maximum absolute atomic E-state index is 11.3. The molecule has 0 saturated carbocycles. The summed E-state index contributed by atoms with van der Waals surface area (Å²) >= 11 is 0. The minimum atomic E-state index is -3.20. The van der Waals surface area contributed by atoms with Crippen molar-refractivity contribution >= 4 is 9.84 Å². The van der Waals surface area contributed by atoms with Gasteiger partial charge in [0.1, 0.15) is 5.75 Å². The van der Waals surface area contributed by atoms with E-state index in [4.69, 9.17) is 10.5 Å². The maximum atomic E-state index is 11.3. The first-order valence-corrected chi connectivity index (χ1v) is 6.39. The summed E-state index contributed by atoms with van der Waals surface area (Å²) in [6, 6.07) is 4.53. The van der Waals surface area contributed by atoms with E-state index in [1.807, 2.05) is 6.92 Å². The normalized spacial score (nSPS) is 13.6. The number of ether oxygens (including phenoxy) is 1. The molecule has 1 aromatic rings. The monoisotopic (exact) mass is 229 g/mol. The fourth-order valence-electron chi connectivity index (χ4n) is 1.30. The lowest BCUT2D eigenvalue weighted by molar-refractivity contribution is 0.405. The Balaban J connectivity index is 3.32. The average Bonchev–Trinajstić information content (AvgIpc) is 2.15. The van der Waals surface area contributed by atoms with Crippen LogP contribution in [0.4, 0.5) is 0 Å². The molecule has 1 atom stereocenters. The van der Waals surface area contributed by atoms with Gasteiger partial charge >= 0.3 is 0 Å². The lowest BCUT2D eigenvalue weighted by Crippen LogP contribution is -2.08. The van der Waals surface area contributed by atoms with E-state index < -0.39 is 9.84 Å². The summed E-state index contributed by atoms with van der Waals surface area (Å²) in [5.74, 6) is 0.507. The zero-order valence-corrected chi connectivity index (χ0v) is 9.84. The van der Waals surface area contributed by atoms with Crippen molar-refractivity contribution in [3.8, 4) is 5.75 Å². The molecule has 0 heterocycles. The highest BCUT2D eigenvalue weighted by Gasteiger charge is 2.13. The van der Waals surface area contributed by atoms with Crippen LogP contribution >= 0.6 is 0 Å². The standard InChI is InChI=1S/C10H15NO3S/c1-7(11)9-5-4-8(15(3,12)13)6-10(9)14-2/h4-7H,11H2,1-3H3. The Hall–Kier alpha value is -1.07. The van der Waals surface area contributed by atoms with Gasteiger partial charge in [-0.2, -0.15) is 0 Å². The van der Waals surface area contributed by atoms with Crippen molar-refractivity contribution in [2.75, 3.05) is 13.4 Å². The van der Waals surface area contributed by atoms with Crippen molar-refractivity contribution < 1.29 is 13.2 Å². The largest absolute Gasteiger partial charge is 0.496 e. The summed E-state index contributed by atoms with van der Waals surface area (Å²) in [4.78, 5) is 0.240. The van der Waals surface area contributed by atoms with Gasteiger partial charge in [-0.1, -0.05) is 6.07 Å². The second-order valence-corrected chi connectivity index (χ2v) is 5.48. The highest BCUT2D eigenvalue weighted by atomic mass is 32.2. The SMILES string of the molecule is COc1cc(S(C)(=O)=O)ccc1C(C)N. The van der Waals surface area contributed by atoms with E-state index in [-0.39, 0.29) is 10.9 Å². The first kappa shape index (κ1) is 12.0. The van der Waals surface area contributed by atoms with E-state index in [0.29, 0.717) is 5.75 Å². The van der Waals surface area contributed by atoms with Crippen molar-refractivity contribution in [3.05, 3.63) is 23.8 Å². The van der Waals surface area contributed by atoms with Gasteiger partial charge in [-0.15, -0.1) is 0 Å². The molecule has 0 aliphatic heterocycles. The van der Waals surface area contributed by atoms with E-state index in [1.165, 1.54) is 19.2 Å². The highest BCUT2D eigenvalue weighted by Crippen LogP contribution is 2.26. The topological polar surface area (TPSA) is 69.4 Å². The van der Waals surface area contributed by atoms with Gasteiger partial charge in [0.05, 0.1) is 12.0 Å². The maximum Gasteiger partial charge on any atom is 0.175 e. The Morgan fingerprint density at radius 1 is 1.40 bits per heavy atom. The molecule has 0 fully saturated rings. The summed E-state index contributed by atoms with van der Waals surface area (Å²) in [6.07, 6.45) is 1.16. The molecule has 1 aromatic carbocycles. The Labute approximate surface area is 90.0 Å². The number of hydrogen-bond acceptors (Lipinski definition) is 4. The number of nitrogens with two attached hydrogens (primary N) is 1. The van der Waals surface area contributed by atoms with Crippen LogP contribution in [0, 0.1) is 0 Å². The van der Waals surface area contributed by atoms with Gasteiger partial charge in [0.15, 0.2) is 9.84 Å². The third kappa shape index (κ3) is 2.70. The predicted molar refractivity (Wildman–Crippen MR) is 58.7 cm³/mol. The first-order chi connectivity index (χ1) is 6.86. The summed E-state index contributed by atoms with van der Waals surface area (Å²) in [5.41, 5.74) is 6.52. The van der Waals surface area contributed by atoms with Crippen molar-refractivity contribution in [2.24, 2.45) is 5.73 Å². The summed E-state index contributed by atoms with van der Waals surface area (Å²) in [7, 11) is -1.71. The van der Waals surface area contributed by atoms with Crippen LogP contribution in [-0.4, -0.2) is 21.8 Å². The number of sulfone groups is 1. The highest BCUT2D eigenvalue weighted by molar-refractivity contribution is 7.90. The van der Waals surface area contributed by atoms with E-state index in [0.717, 1.165) is 11.8 Å². The third-order valence-corrected chi connectivity index (χ3v) is 3.23. The molecular weight excluding hydrogens is 214 g/mol. The molecular formula is C10H15NO3S. The van der Waals surface area contributed by atoms with E-state index >= 15 is 0 Å². The molecule has 2 N–H and O–H groups in total. The van der Waals surface area contributed by atoms with Crippen LogP contribution in [0.1, 0.15) is 18.5 Å². The average molecular weight is 229 g/mol. The number of hydrogen-bond donors (Lipinski definition) is 1. The molecule has 0 radical (unpaired) electrons. The zero-order chi connectivity index (χ0) is 11.6. The van der Waals surface area contributed by atoms with Crippen LogP contribution in [0.25, 0.3) is 0 Å². The van der Waals surface area contributed by atoms with Crippen LogP contribution in [-0.2, 0) is 9.84 Å². The molecule has 0 amide bonds. The van der Waals surface area contributed by atoms with Crippen LogP contribution < -0.4 is 10.5 Å². The molecule has 84 valence electrons. The summed E-state index contributed by atoms with van der Waals surface area (Å²) in [5, 5.41) is 0. The van der Waals surface area contributed by atoms with Crippen molar-refractivity contribution in [3.63, 3.8) is 0 Å². The molecule has 0 saturated heterocycles. The molecule has 0 aliphatic rings. The Kier molecular flexibility index (Phi) is 3.36. The molecule has 1 rings (SSSR count). The molecule has 4 nitrogen and oxygen atoms in total. The second kappa shape index (κ2) is 4.20. The fraction of sp³-hybridized carbons (Fsp3) is 0.400. The molecule has 0 aliphatic carbocycles. The van der Waals surface area contributed by atoms with Crippen molar-refractivity contribution in [1.82, 2.24) is 0 Å². The second-order valence-electron chi connectivity index (χ2n) is 3.46. The van der Waals surface area contributed by atoms with E-state index in [2.05, 4.69) is 0 Å². The minimum absolute atomic E-state index is 0.187. The van der Waals surface area contributed by atoms with E-state index in [9.17, 15) is 8.42 Å². The quantitative estimate of drug-likeness (QED) is 0.843. The first-order valence-electron chi connectivity index (χ1n) is 4.50. The Morgan fingerprint density at radius 2 is 2.00 bits per heavy atom. The zero-order valence-electron chi connectivity index (χ0n) is 9.02. The summed E-state index contributed by atoms with van der Waals surface area (Å²) in [6.45, 7) is 1.82. The molecule has 1 unspecified atom stereocenters. The van der Waals surface area contributed by atoms with Crippen LogP contribution in [0.3, 0.4) is 0 Å². The van der Waals surface area contributed by atoms with Crippen LogP contribution in [0.5, 0.6) is 5.75 Å². The van der Waals surface area contributed by atoms with Gasteiger partial charge < -0.3 is 10.5 Å². The van der Waals surface area contributed by atoms with Gasteiger partial charge in [-0.25, -0.2) is 8.42 Å². The van der Waals surface area contributed by atoms with Gasteiger partial charge in [0, 0.05) is 17.9 Å². The molecule has 0 aromatic heterocycles. The van der Waals surface area contributed by atoms with Crippen molar-refractivity contribution in [1.29, 1.82) is 0 Å². The molecule has 15 heavy (non-hydrogen) atoms. The molecule has 0 spiro atoms. The molecule has 5 heteroatoms. The lowest BCUT2D eigenvalue weighted by Gasteiger charge is -2.12. The fourth-order valence-corrected chi connectivity index (χ4v) is 1.93. The van der Waals surface area contributed by atoms with E-state index in [1.54, 1.807) is 6.07 Å². The van der Waals surface area contributed by atoms with Crippen LogP contribution in [0.15, 0.2) is 23.1 Å². The van der Waals surface area contributed by atoms with Gasteiger partial charge in [0.25, 0.3) is 0 Å². The molecule has 0 bridgehead atoms.